The summed E-state index contributed by atoms with van der Waals surface area (Å²) >= 11 is 4.08. The number of hydrogen-bond acceptors (Lipinski definition) is 4. The Morgan fingerprint density at radius 2 is 2.50 bits per heavy atom. The second-order valence-corrected chi connectivity index (χ2v) is 1.24. The predicted molar refractivity (Wildman–Crippen MR) is 27.2 cm³/mol. The molecule has 0 aliphatic rings. The van der Waals surface area contributed by atoms with Gasteiger partial charge < -0.3 is 9.92 Å². The van der Waals surface area contributed by atoms with Crippen LogP contribution in [0.5, 0.6) is 0 Å². The first-order valence-electron chi connectivity index (χ1n) is 1.05. The van der Waals surface area contributed by atoms with Crippen LogP contribution in [0.2, 0.25) is 0 Å². The van der Waals surface area contributed by atoms with Crippen LogP contribution in [0.1, 0.15) is 0 Å². The van der Waals surface area contributed by atoms with Gasteiger partial charge in [0.1, 0.15) is 11.1 Å². The number of thiol groups is 1. The number of nitrogens with two attached hydrogens (primary N) is 1. The van der Waals surface area contributed by atoms with Crippen LogP contribution in [-0.2, 0) is 4.18 Å². The van der Waals surface area contributed by atoms with Gasteiger partial charge in [-0.15, -0.1) is 0 Å². The highest BCUT2D eigenvalue weighted by atomic mass is 33.1. The van der Waals surface area contributed by atoms with E-state index in [1.54, 1.807) is 0 Å². The van der Waals surface area contributed by atoms with Gasteiger partial charge in [-0.05, 0) is 0 Å². The zero-order valence-electron chi connectivity index (χ0n) is 2.75. The van der Waals surface area contributed by atoms with E-state index in [2.05, 4.69) is 21.6 Å². The smallest absolute Gasteiger partial charge is 0.364 e. The van der Waals surface area contributed by atoms with Crippen LogP contribution in [0.15, 0.2) is 0 Å². The van der Waals surface area contributed by atoms with Crippen LogP contribution in [0.25, 0.3) is 0 Å². The van der Waals surface area contributed by atoms with Crippen molar-refractivity contribution in [2.24, 2.45) is 5.73 Å². The maximum absolute atomic E-state index is 9.53. The van der Waals surface area contributed by atoms with E-state index in [1.807, 2.05) is 0 Å². The van der Waals surface area contributed by atoms with E-state index in [-0.39, 0.29) is 0 Å². The molecule has 0 unspecified atom stereocenters. The molecule has 3 nitrogen and oxygen atoms in total. The minimum absolute atomic E-state index is 0.630. The molecule has 2 N–H and O–H groups in total. The Hall–Kier alpha value is -0.0300. The van der Waals surface area contributed by atoms with Crippen molar-refractivity contribution in [3.8, 4) is 0 Å². The van der Waals surface area contributed by atoms with E-state index in [0.717, 1.165) is 0 Å². The Labute approximate surface area is 44.2 Å². The molecule has 0 aliphatic heterocycles. The average molecular weight is 125 g/mol. The van der Waals surface area contributed by atoms with Crippen molar-refractivity contribution >= 4 is 28.8 Å². The lowest BCUT2D eigenvalue weighted by molar-refractivity contribution is 0.219. The Balaban J connectivity index is 2.83. The van der Waals surface area contributed by atoms with Gasteiger partial charge in [-0.3, -0.25) is 0 Å². The summed E-state index contributed by atoms with van der Waals surface area (Å²) in [5.74, 6) is 0. The molecule has 1 amide bonds. The molecular formula is CH3NO2S2. The second kappa shape index (κ2) is 3.17. The molecule has 0 saturated heterocycles. The Morgan fingerprint density at radius 1 is 2.00 bits per heavy atom. The van der Waals surface area contributed by atoms with E-state index in [0.29, 0.717) is 11.1 Å². The minimum atomic E-state index is -0.824. The van der Waals surface area contributed by atoms with E-state index in [1.165, 1.54) is 0 Å². The molecule has 0 fully saturated rings. The van der Waals surface area contributed by atoms with Crippen LogP contribution in [0.4, 0.5) is 4.79 Å². The molecule has 5 heteroatoms. The number of primary amides is 1. The van der Waals surface area contributed by atoms with E-state index >= 15 is 0 Å². The summed E-state index contributed by atoms with van der Waals surface area (Å²) in [5.41, 5.74) is 4.47. The molecule has 0 aromatic carbocycles. The first-order valence-corrected chi connectivity index (χ1v) is 2.84. The van der Waals surface area contributed by atoms with Crippen molar-refractivity contribution in [2.75, 3.05) is 0 Å². The Kier molecular flexibility index (Phi) is 3.16. The highest BCUT2D eigenvalue weighted by Crippen LogP contribution is 2.04. The molecule has 0 radical (unpaired) electrons. The maximum Gasteiger partial charge on any atom is 0.417 e. The zero-order valence-corrected chi connectivity index (χ0v) is 4.46. The SMILES string of the molecule is NC(=O)OSS. The molecule has 0 aromatic heterocycles. The largest absolute Gasteiger partial charge is 0.417 e. The second-order valence-electron chi connectivity index (χ2n) is 0.477. The van der Waals surface area contributed by atoms with Crippen molar-refractivity contribution in [1.29, 1.82) is 0 Å². The molecule has 6 heavy (non-hydrogen) atoms. The number of carbonyl (C=O) groups excluding carboxylic acids is 1. The van der Waals surface area contributed by atoms with Gasteiger partial charge in [0.25, 0.3) is 0 Å². The normalized spacial score (nSPS) is 7.50. The highest BCUT2D eigenvalue weighted by molar-refractivity contribution is 8.66. The molecule has 0 saturated carbocycles. The molecule has 0 rings (SSSR count). The highest BCUT2D eigenvalue weighted by Gasteiger charge is 1.85. The van der Waals surface area contributed by atoms with Gasteiger partial charge in [0.2, 0.25) is 0 Å². The van der Waals surface area contributed by atoms with Gasteiger partial charge in [0.05, 0.1) is 0 Å². The predicted octanol–water partition coefficient (Wildman–Crippen LogP) is 0.575. The van der Waals surface area contributed by atoms with Crippen molar-refractivity contribution in [2.45, 2.75) is 0 Å². The van der Waals surface area contributed by atoms with Crippen LogP contribution >= 0.6 is 22.7 Å². The fourth-order valence-corrected chi connectivity index (χ4v) is 0.331. The van der Waals surface area contributed by atoms with Crippen molar-refractivity contribution < 1.29 is 8.98 Å². The first kappa shape index (κ1) is 5.97. The molecule has 0 bridgehead atoms. The minimum Gasteiger partial charge on any atom is -0.364 e. The van der Waals surface area contributed by atoms with Gasteiger partial charge in [-0.2, -0.15) is 0 Å². The molecule has 0 heterocycles. The fraction of sp³-hybridized carbons (Fsp3) is 0. The molecule has 0 atom stereocenters. The van der Waals surface area contributed by atoms with Crippen LogP contribution in [-0.4, -0.2) is 6.09 Å². The van der Waals surface area contributed by atoms with Gasteiger partial charge in [0.15, 0.2) is 0 Å². The topological polar surface area (TPSA) is 52.3 Å². The zero-order chi connectivity index (χ0) is 4.99. The van der Waals surface area contributed by atoms with Crippen LogP contribution in [0, 0.1) is 0 Å². The number of hydrogen-bond donors (Lipinski definition) is 2. The summed E-state index contributed by atoms with van der Waals surface area (Å²) < 4.78 is 3.96. The summed E-state index contributed by atoms with van der Waals surface area (Å²) in [6.07, 6.45) is -0.824. The van der Waals surface area contributed by atoms with Crippen LogP contribution in [0.3, 0.4) is 0 Å². The van der Waals surface area contributed by atoms with E-state index in [9.17, 15) is 4.79 Å². The third-order valence-corrected chi connectivity index (χ3v) is 0.582. The number of carbonyl (C=O) groups is 1. The number of rotatable bonds is 1. The van der Waals surface area contributed by atoms with Gasteiger partial charge >= 0.3 is 6.09 Å². The lowest BCUT2D eigenvalue weighted by Crippen LogP contribution is -2.07. The van der Waals surface area contributed by atoms with Crippen LogP contribution < -0.4 is 5.73 Å². The van der Waals surface area contributed by atoms with Crippen molar-refractivity contribution in [3.63, 3.8) is 0 Å². The van der Waals surface area contributed by atoms with Crippen molar-refractivity contribution in [3.05, 3.63) is 0 Å². The summed E-state index contributed by atoms with van der Waals surface area (Å²) in [4.78, 5) is 9.53. The Morgan fingerprint density at radius 3 is 2.50 bits per heavy atom. The summed E-state index contributed by atoms with van der Waals surface area (Å²) in [6, 6.07) is 0. The first-order chi connectivity index (χ1) is 2.77. The average Bonchev–Trinajstić information content (AvgIpc) is 1.35. The maximum atomic E-state index is 9.53. The van der Waals surface area contributed by atoms with Crippen molar-refractivity contribution in [1.82, 2.24) is 0 Å². The third-order valence-electron chi connectivity index (χ3n) is 0.119. The Bertz CT molecular complexity index is 55.5. The number of amides is 1. The quantitative estimate of drug-likeness (QED) is 0.306. The standard InChI is InChI=1S/CH3NO2S2/c2-1(3)4-6-5/h5H,(H2,2,3). The summed E-state index contributed by atoms with van der Waals surface area (Å²) in [7, 11) is 0. The lowest BCUT2D eigenvalue weighted by Gasteiger charge is -1.84. The van der Waals surface area contributed by atoms with Gasteiger partial charge in [-0.25, -0.2) is 4.79 Å². The molecule has 36 valence electrons. The van der Waals surface area contributed by atoms with Gasteiger partial charge in [0, 0.05) is 0 Å². The van der Waals surface area contributed by atoms with E-state index < -0.39 is 6.09 Å². The lowest BCUT2D eigenvalue weighted by atomic mass is 11.3. The molecule has 0 aliphatic carbocycles. The third kappa shape index (κ3) is 3.97. The fourth-order valence-electron chi connectivity index (χ4n) is 0.0367. The van der Waals surface area contributed by atoms with Gasteiger partial charge in [-0.1, -0.05) is 11.7 Å². The van der Waals surface area contributed by atoms with E-state index in [4.69, 9.17) is 0 Å². The molecule has 0 spiro atoms. The molecule has 0 aromatic rings. The molecular weight excluding hydrogens is 122 g/mol. The monoisotopic (exact) mass is 125 g/mol. The summed E-state index contributed by atoms with van der Waals surface area (Å²) in [5, 5.41) is 0. The summed E-state index contributed by atoms with van der Waals surface area (Å²) in [6.45, 7) is 0.